The third-order valence-corrected chi connectivity index (χ3v) is 4.73. The highest BCUT2D eigenvalue weighted by atomic mass is 32.1. The van der Waals surface area contributed by atoms with Crippen LogP contribution in [0.4, 0.5) is 5.69 Å². The largest absolute Gasteiger partial charge is 0.480 e. The molecule has 1 saturated heterocycles. The van der Waals surface area contributed by atoms with E-state index in [1.807, 2.05) is 5.32 Å². The number of carbonyl (C=O) groups excluding carboxylic acids is 6. The summed E-state index contributed by atoms with van der Waals surface area (Å²) in [5.74, 6) is -5.34. The molecule has 0 aromatic heterocycles. The van der Waals surface area contributed by atoms with Crippen molar-refractivity contribution in [3.05, 3.63) is 29.8 Å². The van der Waals surface area contributed by atoms with E-state index in [1.54, 1.807) is 0 Å². The SMILES string of the molecule is O=C(O)CNC(=O)CNC(=O)CNC(=O)C(S)C(=O)c1ccccc1N1C(=O)CCC1=O. The molecule has 0 radical (unpaired) electrons. The van der Waals surface area contributed by atoms with Gasteiger partial charge >= 0.3 is 5.97 Å². The zero-order valence-electron chi connectivity index (χ0n) is 16.6. The van der Waals surface area contributed by atoms with Gasteiger partial charge in [0, 0.05) is 18.4 Å². The Morgan fingerprint density at radius 1 is 0.906 bits per heavy atom. The molecule has 1 atom stereocenters. The maximum Gasteiger partial charge on any atom is 0.322 e. The molecule has 1 aromatic rings. The first kappa shape index (κ1) is 24.5. The van der Waals surface area contributed by atoms with Crippen LogP contribution in [0.5, 0.6) is 0 Å². The summed E-state index contributed by atoms with van der Waals surface area (Å²) >= 11 is 4.00. The molecule has 1 fully saturated rings. The van der Waals surface area contributed by atoms with Crippen LogP contribution < -0.4 is 20.9 Å². The zero-order chi connectivity index (χ0) is 23.8. The van der Waals surface area contributed by atoms with Crippen LogP contribution >= 0.6 is 12.6 Å². The molecule has 1 unspecified atom stereocenters. The highest BCUT2D eigenvalue weighted by molar-refractivity contribution is 7.82. The Labute approximate surface area is 187 Å². The van der Waals surface area contributed by atoms with Gasteiger partial charge < -0.3 is 21.1 Å². The number of anilines is 1. The number of aliphatic carboxylic acids is 1. The first-order chi connectivity index (χ1) is 15.1. The van der Waals surface area contributed by atoms with E-state index in [4.69, 9.17) is 5.11 Å². The normalized spacial score (nSPS) is 14.0. The number of hydrogen-bond donors (Lipinski definition) is 5. The number of nitrogens with zero attached hydrogens (tertiary/aromatic N) is 1. The molecule has 1 aliphatic rings. The Hall–Kier alpha value is -3.74. The summed E-state index contributed by atoms with van der Waals surface area (Å²) in [6.45, 7) is -1.68. The van der Waals surface area contributed by atoms with E-state index in [9.17, 15) is 33.6 Å². The molecule has 1 aromatic carbocycles. The van der Waals surface area contributed by atoms with E-state index < -0.39 is 66.2 Å². The Morgan fingerprint density at radius 2 is 1.44 bits per heavy atom. The fraction of sp³-hybridized carbons (Fsp3) is 0.316. The monoisotopic (exact) mass is 464 g/mol. The number of carboxylic acids is 1. The molecule has 0 bridgehead atoms. The van der Waals surface area contributed by atoms with Crippen molar-refractivity contribution in [3.63, 3.8) is 0 Å². The number of carbonyl (C=O) groups is 7. The molecule has 0 aliphatic carbocycles. The van der Waals surface area contributed by atoms with Crippen molar-refractivity contribution in [2.75, 3.05) is 24.5 Å². The maximum atomic E-state index is 12.8. The fourth-order valence-electron chi connectivity index (χ4n) is 2.73. The van der Waals surface area contributed by atoms with Gasteiger partial charge in [-0.15, -0.1) is 0 Å². The van der Waals surface area contributed by atoms with Gasteiger partial charge in [0.15, 0.2) is 5.78 Å². The molecule has 170 valence electrons. The standard InChI is InChI=1S/C19H20N4O8S/c24-12(21-9-16(28)29)7-20-13(25)8-22-19(31)18(32)17(30)10-3-1-2-4-11(10)23-14(26)5-6-15(23)27/h1-4,18,32H,5-9H2,(H,20,25)(H,21,24)(H,22,31)(H,28,29). The Balaban J connectivity index is 1.93. The van der Waals surface area contributed by atoms with Crippen LogP contribution in [-0.2, 0) is 28.8 Å². The first-order valence-electron chi connectivity index (χ1n) is 9.31. The zero-order valence-corrected chi connectivity index (χ0v) is 17.5. The van der Waals surface area contributed by atoms with Gasteiger partial charge in [0.05, 0.1) is 18.8 Å². The summed E-state index contributed by atoms with van der Waals surface area (Å²) in [6.07, 6.45) is 0.0468. The number of hydrogen-bond acceptors (Lipinski definition) is 8. The van der Waals surface area contributed by atoms with Gasteiger partial charge in [0.2, 0.25) is 29.5 Å². The van der Waals surface area contributed by atoms with Crippen LogP contribution in [0.15, 0.2) is 24.3 Å². The second-order valence-corrected chi connectivity index (χ2v) is 7.09. The minimum atomic E-state index is -1.53. The molecule has 4 N–H and O–H groups in total. The smallest absolute Gasteiger partial charge is 0.322 e. The lowest BCUT2D eigenvalue weighted by Crippen LogP contribution is -2.45. The summed E-state index contributed by atoms with van der Waals surface area (Å²) in [5.41, 5.74) is 0.00719. The number of ketones is 1. The number of thiol groups is 1. The topological polar surface area (TPSA) is 179 Å². The number of benzene rings is 1. The molecule has 1 heterocycles. The van der Waals surface area contributed by atoms with Crippen molar-refractivity contribution in [2.45, 2.75) is 18.1 Å². The molecule has 0 spiro atoms. The van der Waals surface area contributed by atoms with E-state index in [1.165, 1.54) is 24.3 Å². The summed E-state index contributed by atoms with van der Waals surface area (Å²) < 4.78 is 0. The predicted molar refractivity (Wildman–Crippen MR) is 112 cm³/mol. The number of para-hydroxylation sites is 1. The van der Waals surface area contributed by atoms with E-state index >= 15 is 0 Å². The van der Waals surface area contributed by atoms with E-state index in [2.05, 4.69) is 23.3 Å². The van der Waals surface area contributed by atoms with Crippen molar-refractivity contribution < 1.29 is 38.7 Å². The lowest BCUT2D eigenvalue weighted by atomic mass is 10.0. The van der Waals surface area contributed by atoms with Gasteiger partial charge in [-0.1, -0.05) is 12.1 Å². The summed E-state index contributed by atoms with van der Waals surface area (Å²) in [5, 5.41) is 13.3. The van der Waals surface area contributed by atoms with Crippen LogP contribution in [0, 0.1) is 0 Å². The lowest BCUT2D eigenvalue weighted by molar-refractivity contribution is -0.137. The average molecular weight is 464 g/mol. The minimum Gasteiger partial charge on any atom is -0.480 e. The number of nitrogens with one attached hydrogen (secondary N) is 3. The molecule has 32 heavy (non-hydrogen) atoms. The van der Waals surface area contributed by atoms with Crippen LogP contribution in [0.25, 0.3) is 0 Å². The molecule has 1 aliphatic heterocycles. The van der Waals surface area contributed by atoms with Crippen molar-refractivity contribution >= 4 is 59.6 Å². The van der Waals surface area contributed by atoms with Gasteiger partial charge in [-0.05, 0) is 12.1 Å². The van der Waals surface area contributed by atoms with Crippen molar-refractivity contribution in [2.24, 2.45) is 0 Å². The molecule has 12 nitrogen and oxygen atoms in total. The molecular weight excluding hydrogens is 444 g/mol. The van der Waals surface area contributed by atoms with Gasteiger partial charge in [0.25, 0.3) is 0 Å². The lowest BCUT2D eigenvalue weighted by Gasteiger charge is -2.19. The number of Topliss-reactive ketones (excluding diaryl/α,β-unsaturated/α-hetero) is 1. The third kappa shape index (κ3) is 6.38. The van der Waals surface area contributed by atoms with Crippen LogP contribution in [-0.4, -0.2) is 71.3 Å². The number of amides is 5. The number of imide groups is 1. The van der Waals surface area contributed by atoms with Gasteiger partial charge in [-0.25, -0.2) is 4.90 Å². The Kier molecular flexibility index (Phi) is 8.46. The van der Waals surface area contributed by atoms with E-state index in [0.717, 1.165) is 4.90 Å². The first-order valence-corrected chi connectivity index (χ1v) is 9.83. The average Bonchev–Trinajstić information content (AvgIpc) is 3.11. The summed E-state index contributed by atoms with van der Waals surface area (Å²) in [6, 6.07) is 5.81. The molecular formula is C19H20N4O8S. The minimum absolute atomic E-state index is 0.0234. The third-order valence-electron chi connectivity index (χ3n) is 4.26. The number of carboxylic acid groups (broad SMARTS) is 1. The molecule has 2 rings (SSSR count). The molecule has 0 saturated carbocycles. The highest BCUT2D eigenvalue weighted by Gasteiger charge is 2.34. The Bertz CT molecular complexity index is 964. The fourth-order valence-corrected chi connectivity index (χ4v) is 2.96. The van der Waals surface area contributed by atoms with Gasteiger partial charge in [-0.2, -0.15) is 12.6 Å². The van der Waals surface area contributed by atoms with Crippen molar-refractivity contribution in [3.8, 4) is 0 Å². The van der Waals surface area contributed by atoms with Gasteiger partial charge in [0.1, 0.15) is 11.8 Å². The van der Waals surface area contributed by atoms with Crippen LogP contribution in [0.2, 0.25) is 0 Å². The maximum absolute atomic E-state index is 12.8. The van der Waals surface area contributed by atoms with E-state index in [-0.39, 0.29) is 24.1 Å². The Morgan fingerprint density at radius 3 is 2.03 bits per heavy atom. The summed E-state index contributed by atoms with van der Waals surface area (Å²) in [4.78, 5) is 83.4. The molecule has 13 heteroatoms. The van der Waals surface area contributed by atoms with Crippen molar-refractivity contribution in [1.82, 2.24) is 16.0 Å². The molecule has 5 amide bonds. The van der Waals surface area contributed by atoms with Crippen LogP contribution in [0.1, 0.15) is 23.2 Å². The van der Waals surface area contributed by atoms with Crippen molar-refractivity contribution in [1.29, 1.82) is 0 Å². The van der Waals surface area contributed by atoms with E-state index in [0.29, 0.717) is 0 Å². The second kappa shape index (κ2) is 11.0. The summed E-state index contributed by atoms with van der Waals surface area (Å²) in [7, 11) is 0. The van der Waals surface area contributed by atoms with Gasteiger partial charge in [-0.3, -0.25) is 33.6 Å². The van der Waals surface area contributed by atoms with Crippen LogP contribution in [0.3, 0.4) is 0 Å². The quantitative estimate of drug-likeness (QED) is 0.117. The highest BCUT2D eigenvalue weighted by Crippen LogP contribution is 2.27. The number of rotatable bonds is 10. The predicted octanol–water partition coefficient (Wildman–Crippen LogP) is -1.75. The second-order valence-electron chi connectivity index (χ2n) is 6.57.